The maximum absolute atomic E-state index is 12.5. The Morgan fingerprint density at radius 3 is 2.52 bits per heavy atom. The van der Waals surface area contributed by atoms with Crippen molar-refractivity contribution in [1.29, 1.82) is 0 Å². The van der Waals surface area contributed by atoms with Gasteiger partial charge in [-0.05, 0) is 0 Å². The fourth-order valence-electron chi connectivity index (χ4n) is 2.82. The Balaban J connectivity index is 1.84. The van der Waals surface area contributed by atoms with Gasteiger partial charge in [0.25, 0.3) is 5.69 Å². The molecule has 5 nitrogen and oxygen atoms in total. The number of carbonyl (C=O) groups is 1. The molecule has 1 heterocycles. The van der Waals surface area contributed by atoms with E-state index < -0.39 is 4.92 Å². The van der Waals surface area contributed by atoms with Gasteiger partial charge in [-0.2, -0.15) is 0 Å². The molecule has 3 atom stereocenters. The van der Waals surface area contributed by atoms with Crippen LogP contribution in [0.4, 0.5) is 5.69 Å². The number of likely N-dealkylation sites (N-methyl/N-ethyl adjacent to an activating group) is 1. The highest BCUT2D eigenvalue weighted by Crippen LogP contribution is 2.27. The number of carbonyl (C=O) groups excluding carboxylic acids is 1. The number of benzene rings is 2. The summed E-state index contributed by atoms with van der Waals surface area (Å²) in [7, 11) is 1.94. The maximum atomic E-state index is 12.5. The lowest BCUT2D eigenvalue weighted by atomic mass is 10.0. The van der Waals surface area contributed by atoms with Crippen LogP contribution >= 0.6 is 0 Å². The van der Waals surface area contributed by atoms with E-state index in [0.29, 0.717) is 5.56 Å². The largest absolute Gasteiger partial charge is 0.312 e. The van der Waals surface area contributed by atoms with Gasteiger partial charge >= 0.3 is 0 Å². The van der Waals surface area contributed by atoms with Crippen LogP contribution in [0.15, 0.2) is 54.6 Å². The van der Waals surface area contributed by atoms with Crippen molar-refractivity contribution >= 4 is 11.5 Å². The Morgan fingerprint density at radius 2 is 1.86 bits per heavy atom. The van der Waals surface area contributed by atoms with Crippen LogP contribution < -0.4 is 4.90 Å². The zero-order chi connectivity index (χ0) is 15.0. The number of rotatable bonds is 4. The van der Waals surface area contributed by atoms with Crippen molar-refractivity contribution in [3.8, 4) is 0 Å². The van der Waals surface area contributed by atoms with Crippen molar-refractivity contribution in [2.45, 2.75) is 12.1 Å². The van der Waals surface area contributed by atoms with Crippen LogP contribution in [0.3, 0.4) is 0 Å². The molecule has 0 saturated carbocycles. The fraction of sp³-hybridized carbons (Fsp3) is 0.188. The molecule has 0 spiro atoms. The number of nitro groups is 1. The summed E-state index contributed by atoms with van der Waals surface area (Å²) in [4.78, 5) is 24.0. The number of nitrogens with one attached hydrogen (secondary N) is 1. The summed E-state index contributed by atoms with van der Waals surface area (Å²) in [5.74, 6) is 0.0876. The Morgan fingerprint density at radius 1 is 1.14 bits per heavy atom. The summed E-state index contributed by atoms with van der Waals surface area (Å²) in [6.45, 7) is 0. The topological polar surface area (TPSA) is 64.7 Å². The quantitative estimate of drug-likeness (QED) is 0.399. The predicted molar refractivity (Wildman–Crippen MR) is 77.3 cm³/mol. The van der Waals surface area contributed by atoms with Crippen molar-refractivity contribution in [3.63, 3.8) is 0 Å². The lowest BCUT2D eigenvalue weighted by Crippen LogP contribution is -2.91. The molecule has 2 aromatic carbocycles. The highest BCUT2D eigenvalue weighted by atomic mass is 16.6. The number of nitro benzene ring substituents is 1. The smallest absolute Gasteiger partial charge is 0.269 e. The molecule has 0 radical (unpaired) electrons. The van der Waals surface area contributed by atoms with E-state index in [9.17, 15) is 14.9 Å². The lowest BCUT2D eigenvalue weighted by molar-refractivity contribution is -0.762. The van der Waals surface area contributed by atoms with E-state index in [0.717, 1.165) is 10.5 Å². The molecule has 1 saturated heterocycles. The number of non-ortho nitro benzene ring substituents is 1. The standard InChI is InChI=1S/C16H14N2O3/c1-17-14(12-8-5-9-13(10-12)18(20)21)15(17)16(19)11-6-3-2-4-7-11/h2-10,14-15H,1H3/p+1/t14-,15+,17?/m0/s1. The highest BCUT2D eigenvalue weighted by molar-refractivity contribution is 6.00. The molecule has 0 aliphatic carbocycles. The van der Waals surface area contributed by atoms with E-state index in [2.05, 4.69) is 0 Å². The van der Waals surface area contributed by atoms with E-state index in [1.807, 2.05) is 31.3 Å². The number of quaternary nitrogens is 1. The van der Waals surface area contributed by atoms with Crippen LogP contribution in [-0.2, 0) is 0 Å². The molecular formula is C16H15N2O3+. The van der Waals surface area contributed by atoms with E-state index in [1.54, 1.807) is 24.3 Å². The van der Waals surface area contributed by atoms with E-state index in [4.69, 9.17) is 0 Å². The average Bonchev–Trinajstić information content (AvgIpc) is 3.18. The molecule has 106 valence electrons. The van der Waals surface area contributed by atoms with Gasteiger partial charge in [-0.25, -0.2) is 0 Å². The van der Waals surface area contributed by atoms with Crippen molar-refractivity contribution < 1.29 is 14.6 Å². The summed E-state index contributed by atoms with van der Waals surface area (Å²) < 4.78 is 0. The minimum atomic E-state index is -0.408. The van der Waals surface area contributed by atoms with Crippen LogP contribution in [-0.4, -0.2) is 23.8 Å². The summed E-state index contributed by atoms with van der Waals surface area (Å²) in [6.07, 6.45) is 0. The van der Waals surface area contributed by atoms with Gasteiger partial charge in [-0.1, -0.05) is 42.5 Å². The zero-order valence-corrected chi connectivity index (χ0v) is 11.5. The summed E-state index contributed by atoms with van der Waals surface area (Å²) in [5.41, 5.74) is 1.60. The highest BCUT2D eigenvalue weighted by Gasteiger charge is 2.57. The van der Waals surface area contributed by atoms with Crippen LogP contribution in [0.2, 0.25) is 0 Å². The molecule has 1 fully saturated rings. The molecule has 2 aromatic rings. The Kier molecular flexibility index (Phi) is 3.27. The summed E-state index contributed by atoms with van der Waals surface area (Å²) in [5, 5.41) is 10.8. The molecule has 5 heteroatoms. The van der Waals surface area contributed by atoms with Crippen LogP contribution in [0.1, 0.15) is 22.0 Å². The molecule has 0 aromatic heterocycles. The molecule has 21 heavy (non-hydrogen) atoms. The number of ketones is 1. The molecule has 1 aliphatic heterocycles. The van der Waals surface area contributed by atoms with E-state index in [1.165, 1.54) is 6.07 Å². The minimum Gasteiger partial charge on any atom is -0.312 e. The van der Waals surface area contributed by atoms with E-state index >= 15 is 0 Å². The second kappa shape index (κ2) is 5.10. The maximum Gasteiger partial charge on any atom is 0.269 e. The normalized spacial score (nSPS) is 23.6. The lowest BCUT2D eigenvalue weighted by Gasteiger charge is -1.96. The first-order chi connectivity index (χ1) is 10.1. The van der Waals surface area contributed by atoms with Crippen molar-refractivity contribution in [3.05, 3.63) is 75.8 Å². The molecular weight excluding hydrogens is 268 g/mol. The Labute approximate surface area is 122 Å². The van der Waals surface area contributed by atoms with Gasteiger partial charge in [0.05, 0.1) is 12.0 Å². The number of nitrogens with zero attached hydrogens (tertiary/aromatic N) is 1. The average molecular weight is 283 g/mol. The van der Waals surface area contributed by atoms with Gasteiger partial charge in [-0.15, -0.1) is 0 Å². The third kappa shape index (κ3) is 2.43. The van der Waals surface area contributed by atoms with Crippen molar-refractivity contribution in [2.24, 2.45) is 0 Å². The van der Waals surface area contributed by atoms with Crippen molar-refractivity contribution in [2.75, 3.05) is 7.05 Å². The second-order valence-electron chi connectivity index (χ2n) is 5.28. The Hall–Kier alpha value is -2.53. The van der Waals surface area contributed by atoms with Gasteiger partial charge in [-0.3, -0.25) is 14.9 Å². The van der Waals surface area contributed by atoms with E-state index in [-0.39, 0.29) is 23.6 Å². The minimum absolute atomic E-state index is 0.00222. The van der Waals surface area contributed by atoms with Crippen LogP contribution in [0.5, 0.6) is 0 Å². The van der Waals surface area contributed by atoms with Gasteiger partial charge in [0.1, 0.15) is 0 Å². The third-order valence-corrected chi connectivity index (χ3v) is 3.99. The summed E-state index contributed by atoms with van der Waals surface area (Å²) >= 11 is 0. The molecule has 1 N–H and O–H groups in total. The van der Waals surface area contributed by atoms with Crippen LogP contribution in [0, 0.1) is 10.1 Å². The first kappa shape index (κ1) is 13.5. The number of hydrogen-bond acceptors (Lipinski definition) is 3. The van der Waals surface area contributed by atoms with Crippen molar-refractivity contribution in [1.82, 2.24) is 0 Å². The third-order valence-electron chi connectivity index (χ3n) is 3.99. The molecule has 0 amide bonds. The fourth-order valence-corrected chi connectivity index (χ4v) is 2.82. The monoisotopic (exact) mass is 283 g/mol. The van der Waals surface area contributed by atoms with Crippen LogP contribution in [0.25, 0.3) is 0 Å². The number of Topliss-reactive ketones (excluding diaryl/α,β-unsaturated/α-hetero) is 1. The molecule has 1 aliphatic rings. The zero-order valence-electron chi connectivity index (χ0n) is 11.5. The number of hydrogen-bond donors (Lipinski definition) is 1. The molecule has 3 rings (SSSR count). The van der Waals surface area contributed by atoms with Gasteiger partial charge in [0.2, 0.25) is 11.8 Å². The first-order valence-corrected chi connectivity index (χ1v) is 6.76. The summed E-state index contributed by atoms with van der Waals surface area (Å²) in [6, 6.07) is 15.5. The Bertz CT molecular complexity index is 700. The SMILES string of the molecule is C[NH+]1[C@@H](C(=O)c2ccccc2)[C@@H]1c1cccc([N+](=O)[O-])c1. The van der Waals surface area contributed by atoms with Gasteiger partial charge < -0.3 is 4.90 Å². The van der Waals surface area contributed by atoms with Gasteiger partial charge in [0, 0.05) is 23.3 Å². The second-order valence-corrected chi connectivity index (χ2v) is 5.28. The predicted octanol–water partition coefficient (Wildman–Crippen LogP) is 1.42. The molecule has 0 bridgehead atoms. The first-order valence-electron chi connectivity index (χ1n) is 6.76. The van der Waals surface area contributed by atoms with Gasteiger partial charge in [0.15, 0.2) is 6.04 Å². The molecule has 1 unspecified atom stereocenters.